The molecule has 0 bridgehead atoms. The number of nitrogens with zero attached hydrogens (tertiary/aromatic N) is 1. The van der Waals surface area contributed by atoms with Crippen LogP contribution in [0, 0.1) is 0 Å². The highest BCUT2D eigenvalue weighted by molar-refractivity contribution is 8.04. The van der Waals surface area contributed by atoms with Gasteiger partial charge in [0.1, 0.15) is 12.3 Å². The van der Waals surface area contributed by atoms with E-state index in [4.69, 9.17) is 9.47 Å². The Hall–Kier alpha value is -2.74. The van der Waals surface area contributed by atoms with Crippen molar-refractivity contribution in [3.05, 3.63) is 47.1 Å². The van der Waals surface area contributed by atoms with E-state index in [9.17, 15) is 14.4 Å². The average Bonchev–Trinajstić information content (AvgIpc) is 3.20. The zero-order valence-electron chi connectivity index (χ0n) is 14.2. The van der Waals surface area contributed by atoms with Crippen LogP contribution in [0.15, 0.2) is 41.4 Å². The molecule has 0 spiro atoms. The van der Waals surface area contributed by atoms with Crippen molar-refractivity contribution in [3.8, 4) is 0 Å². The van der Waals surface area contributed by atoms with E-state index in [1.807, 2.05) is 24.3 Å². The van der Waals surface area contributed by atoms with Crippen molar-refractivity contribution in [3.63, 3.8) is 0 Å². The van der Waals surface area contributed by atoms with E-state index in [1.165, 1.54) is 22.7 Å². The smallest absolute Gasteiger partial charge is 0.354 e. The summed E-state index contributed by atoms with van der Waals surface area (Å²) in [6.07, 6.45) is 1.29. The number of para-hydroxylation sites is 1. The molecule has 1 fully saturated rings. The van der Waals surface area contributed by atoms with Crippen LogP contribution in [-0.2, 0) is 19.1 Å². The van der Waals surface area contributed by atoms with Crippen molar-refractivity contribution >= 4 is 40.5 Å². The van der Waals surface area contributed by atoms with E-state index in [-0.39, 0.29) is 31.4 Å². The number of rotatable bonds is 6. The number of H-pyrrole nitrogens is 1. The van der Waals surface area contributed by atoms with Crippen LogP contribution in [0.25, 0.3) is 10.9 Å². The van der Waals surface area contributed by atoms with E-state index in [1.54, 1.807) is 13.0 Å². The normalized spacial score (nSPS) is 15.7. The summed E-state index contributed by atoms with van der Waals surface area (Å²) in [6.45, 7) is 2.19. The molecule has 1 aliphatic rings. The highest BCUT2D eigenvalue weighted by atomic mass is 32.2. The van der Waals surface area contributed by atoms with Gasteiger partial charge in [-0.1, -0.05) is 30.0 Å². The number of carbonyl (C=O) groups is 3. The number of thioether (sulfide) groups is 1. The number of carbonyl (C=O) groups excluding carboxylic acids is 3. The van der Waals surface area contributed by atoms with E-state index in [2.05, 4.69) is 4.98 Å². The molecular formula is C18H18N2O5S. The molecule has 0 aliphatic carbocycles. The number of aromatic nitrogens is 1. The van der Waals surface area contributed by atoms with Crippen molar-refractivity contribution in [2.75, 3.05) is 25.5 Å². The second-order valence-corrected chi connectivity index (χ2v) is 6.47. The van der Waals surface area contributed by atoms with Gasteiger partial charge in [-0.15, -0.1) is 0 Å². The minimum Gasteiger partial charge on any atom is -0.463 e. The fraction of sp³-hybridized carbons (Fsp3) is 0.278. The Labute approximate surface area is 154 Å². The summed E-state index contributed by atoms with van der Waals surface area (Å²) in [5.74, 6) is -0.866. The lowest BCUT2D eigenvalue weighted by Gasteiger charge is -2.16. The first-order valence-electron chi connectivity index (χ1n) is 8.15. The van der Waals surface area contributed by atoms with Crippen molar-refractivity contribution in [1.82, 2.24) is 9.88 Å². The van der Waals surface area contributed by atoms with E-state index < -0.39 is 11.9 Å². The molecule has 0 radical (unpaired) electrons. The Morgan fingerprint density at radius 2 is 2.12 bits per heavy atom. The standard InChI is InChI=1S/C18H18N2O5S/c1-2-24-17(22)10-16-20(15(21)11-26-16)7-8-25-18(23)14-9-12-5-3-4-6-13(12)19-14/h3-6,9-10,19H,2,7-8,11H2,1H3/b16-10-. The van der Waals surface area contributed by atoms with Crippen LogP contribution in [0.3, 0.4) is 0 Å². The number of esters is 2. The second kappa shape index (κ2) is 8.09. The van der Waals surface area contributed by atoms with Gasteiger partial charge in [-0.2, -0.15) is 0 Å². The molecule has 1 aromatic carbocycles. The molecule has 1 amide bonds. The Kier molecular flexibility index (Phi) is 5.62. The number of aromatic amines is 1. The first kappa shape index (κ1) is 18.1. The predicted molar refractivity (Wildman–Crippen MR) is 97.5 cm³/mol. The average molecular weight is 374 g/mol. The Balaban J connectivity index is 1.58. The van der Waals surface area contributed by atoms with E-state index in [0.29, 0.717) is 10.7 Å². The molecule has 0 saturated carbocycles. The maximum Gasteiger partial charge on any atom is 0.354 e. The van der Waals surface area contributed by atoms with E-state index in [0.717, 1.165) is 10.9 Å². The van der Waals surface area contributed by atoms with Gasteiger partial charge < -0.3 is 19.4 Å². The monoisotopic (exact) mass is 374 g/mol. The molecule has 3 rings (SSSR count). The number of ether oxygens (including phenoxy) is 2. The van der Waals surface area contributed by atoms with Crippen LogP contribution in [0.1, 0.15) is 17.4 Å². The van der Waals surface area contributed by atoms with Crippen LogP contribution in [0.4, 0.5) is 0 Å². The zero-order valence-corrected chi connectivity index (χ0v) is 15.0. The topological polar surface area (TPSA) is 88.7 Å². The molecule has 0 atom stereocenters. The Morgan fingerprint density at radius 3 is 2.88 bits per heavy atom. The summed E-state index contributed by atoms with van der Waals surface area (Å²) >= 11 is 1.26. The van der Waals surface area contributed by atoms with Gasteiger partial charge in [-0.05, 0) is 19.1 Å². The van der Waals surface area contributed by atoms with Gasteiger partial charge in [0.2, 0.25) is 5.91 Å². The molecule has 136 valence electrons. The highest BCUT2D eigenvalue weighted by Crippen LogP contribution is 2.28. The molecule has 1 N–H and O–H groups in total. The third-order valence-corrected chi connectivity index (χ3v) is 4.76. The van der Waals surface area contributed by atoms with Gasteiger partial charge in [0.25, 0.3) is 0 Å². The van der Waals surface area contributed by atoms with Crippen molar-refractivity contribution in [2.45, 2.75) is 6.92 Å². The molecule has 1 aliphatic heterocycles. The Morgan fingerprint density at radius 1 is 1.31 bits per heavy atom. The molecule has 0 unspecified atom stereocenters. The molecule has 8 heteroatoms. The van der Waals surface area contributed by atoms with Crippen LogP contribution in [0.2, 0.25) is 0 Å². The lowest BCUT2D eigenvalue weighted by atomic mass is 10.2. The molecular weight excluding hydrogens is 356 g/mol. The van der Waals surface area contributed by atoms with Gasteiger partial charge in [0, 0.05) is 10.9 Å². The number of fused-ring (bicyclic) bond motifs is 1. The summed E-state index contributed by atoms with van der Waals surface area (Å²) in [6, 6.07) is 9.26. The lowest BCUT2D eigenvalue weighted by molar-refractivity contribution is -0.137. The zero-order chi connectivity index (χ0) is 18.5. The molecule has 2 heterocycles. The van der Waals surface area contributed by atoms with Crippen LogP contribution in [-0.4, -0.2) is 53.2 Å². The van der Waals surface area contributed by atoms with Gasteiger partial charge in [0.05, 0.1) is 30.0 Å². The minimum absolute atomic E-state index is 0.0284. The van der Waals surface area contributed by atoms with Gasteiger partial charge in [-0.25, -0.2) is 9.59 Å². The van der Waals surface area contributed by atoms with Crippen molar-refractivity contribution in [1.29, 1.82) is 0 Å². The van der Waals surface area contributed by atoms with Crippen molar-refractivity contribution < 1.29 is 23.9 Å². The number of nitrogens with one attached hydrogen (secondary N) is 1. The lowest BCUT2D eigenvalue weighted by Crippen LogP contribution is -2.29. The molecule has 7 nitrogen and oxygen atoms in total. The molecule has 26 heavy (non-hydrogen) atoms. The number of hydrogen-bond acceptors (Lipinski definition) is 6. The van der Waals surface area contributed by atoms with Crippen LogP contribution < -0.4 is 0 Å². The second-order valence-electron chi connectivity index (χ2n) is 5.47. The summed E-state index contributed by atoms with van der Waals surface area (Å²) < 4.78 is 10.1. The summed E-state index contributed by atoms with van der Waals surface area (Å²) in [5, 5.41) is 1.43. The fourth-order valence-electron chi connectivity index (χ4n) is 2.54. The molecule has 1 saturated heterocycles. The van der Waals surface area contributed by atoms with E-state index >= 15 is 0 Å². The maximum absolute atomic E-state index is 12.2. The number of hydrogen-bond donors (Lipinski definition) is 1. The predicted octanol–water partition coefficient (Wildman–Crippen LogP) is 2.30. The van der Waals surface area contributed by atoms with Gasteiger partial charge in [-0.3, -0.25) is 4.79 Å². The largest absolute Gasteiger partial charge is 0.463 e. The molecule has 2 aromatic rings. The highest BCUT2D eigenvalue weighted by Gasteiger charge is 2.27. The third-order valence-electron chi connectivity index (χ3n) is 3.74. The fourth-order valence-corrected chi connectivity index (χ4v) is 3.50. The summed E-state index contributed by atoms with van der Waals surface area (Å²) in [7, 11) is 0. The van der Waals surface area contributed by atoms with Crippen LogP contribution in [0.5, 0.6) is 0 Å². The van der Waals surface area contributed by atoms with Crippen LogP contribution >= 0.6 is 11.8 Å². The third kappa shape index (κ3) is 4.08. The molecule has 1 aromatic heterocycles. The first-order chi connectivity index (χ1) is 12.6. The van der Waals surface area contributed by atoms with Gasteiger partial charge >= 0.3 is 11.9 Å². The number of benzene rings is 1. The number of amides is 1. The SMILES string of the molecule is CCOC(=O)/C=C1\SCC(=O)N1CCOC(=O)c1cc2ccccc2[nH]1. The quantitative estimate of drug-likeness (QED) is 0.617. The summed E-state index contributed by atoms with van der Waals surface area (Å²) in [5.41, 5.74) is 1.21. The maximum atomic E-state index is 12.2. The van der Waals surface area contributed by atoms with Crippen molar-refractivity contribution in [2.24, 2.45) is 0 Å². The minimum atomic E-state index is -0.496. The first-order valence-corrected chi connectivity index (χ1v) is 9.13. The Bertz CT molecular complexity index is 840. The summed E-state index contributed by atoms with van der Waals surface area (Å²) in [4.78, 5) is 40.1. The van der Waals surface area contributed by atoms with Gasteiger partial charge in [0.15, 0.2) is 0 Å².